The first kappa shape index (κ1) is 23.9. The van der Waals surface area contributed by atoms with Gasteiger partial charge in [-0.2, -0.15) is 5.10 Å². The number of hydrogen-bond acceptors (Lipinski definition) is 4. The van der Waals surface area contributed by atoms with Gasteiger partial charge in [-0.15, -0.1) is 0 Å². The first-order valence-electron chi connectivity index (χ1n) is 11.8. The maximum absolute atomic E-state index is 4.39. The van der Waals surface area contributed by atoms with E-state index in [0.29, 0.717) is 13.1 Å². The van der Waals surface area contributed by atoms with E-state index in [2.05, 4.69) is 119 Å². The summed E-state index contributed by atoms with van der Waals surface area (Å²) < 4.78 is 0. The minimum absolute atomic E-state index is 0.712. The number of aryl methyl sites for hydroxylation is 2. The summed E-state index contributed by atoms with van der Waals surface area (Å²) in [6.07, 6.45) is 2.04. The van der Waals surface area contributed by atoms with E-state index in [1.807, 2.05) is 19.2 Å². The van der Waals surface area contributed by atoms with E-state index in [1.54, 1.807) is 0 Å². The Kier molecular flexibility index (Phi) is 7.68. The monoisotopic (exact) mass is 463 g/mol. The van der Waals surface area contributed by atoms with Crippen LogP contribution in [0, 0.1) is 13.8 Å². The SMILES string of the molecule is C=C(/C=C(\NC)c1ccc(C)cc1)NCc1ccc(CNc2cc(-c3ccc(C)cc3)[nH]n2)cc1. The summed E-state index contributed by atoms with van der Waals surface area (Å²) in [6, 6.07) is 27.5. The summed E-state index contributed by atoms with van der Waals surface area (Å²) in [7, 11) is 1.93. The molecule has 1 heterocycles. The molecule has 0 spiro atoms. The average Bonchev–Trinajstić information content (AvgIpc) is 3.35. The van der Waals surface area contributed by atoms with E-state index >= 15 is 0 Å². The Morgan fingerprint density at radius 1 is 0.857 bits per heavy atom. The number of aromatic amines is 1. The third-order valence-corrected chi connectivity index (χ3v) is 5.91. The smallest absolute Gasteiger partial charge is 0.148 e. The van der Waals surface area contributed by atoms with Crippen molar-refractivity contribution < 1.29 is 0 Å². The molecule has 0 unspecified atom stereocenters. The third-order valence-electron chi connectivity index (χ3n) is 5.91. The maximum Gasteiger partial charge on any atom is 0.148 e. The van der Waals surface area contributed by atoms with Gasteiger partial charge in [-0.05, 0) is 42.2 Å². The van der Waals surface area contributed by atoms with Crippen LogP contribution in [0.15, 0.2) is 97.2 Å². The summed E-state index contributed by atoms with van der Waals surface area (Å²) in [6.45, 7) is 9.77. The van der Waals surface area contributed by atoms with E-state index in [4.69, 9.17) is 0 Å². The van der Waals surface area contributed by atoms with Crippen LogP contribution in [0.5, 0.6) is 0 Å². The average molecular weight is 464 g/mol. The summed E-state index contributed by atoms with van der Waals surface area (Å²) in [4.78, 5) is 0. The zero-order valence-electron chi connectivity index (χ0n) is 20.7. The van der Waals surface area contributed by atoms with Crippen LogP contribution in [0.1, 0.15) is 27.8 Å². The maximum atomic E-state index is 4.39. The number of allylic oxidation sites excluding steroid dienone is 1. The number of aromatic nitrogens is 2. The van der Waals surface area contributed by atoms with Gasteiger partial charge in [-0.1, -0.05) is 90.5 Å². The highest BCUT2D eigenvalue weighted by atomic mass is 15.2. The molecule has 0 aliphatic heterocycles. The van der Waals surface area contributed by atoms with Crippen LogP contribution in [-0.2, 0) is 13.1 Å². The predicted octanol–water partition coefficient (Wildman–Crippen LogP) is 6.17. The molecule has 4 N–H and O–H groups in total. The first-order valence-corrected chi connectivity index (χ1v) is 11.8. The van der Waals surface area contributed by atoms with Crippen LogP contribution < -0.4 is 16.0 Å². The molecule has 0 aliphatic carbocycles. The lowest BCUT2D eigenvalue weighted by Gasteiger charge is -2.11. The van der Waals surface area contributed by atoms with Crippen molar-refractivity contribution in [2.45, 2.75) is 26.9 Å². The summed E-state index contributed by atoms with van der Waals surface area (Å²) >= 11 is 0. The van der Waals surface area contributed by atoms with Crippen LogP contribution >= 0.6 is 0 Å². The second-order valence-corrected chi connectivity index (χ2v) is 8.76. The van der Waals surface area contributed by atoms with Crippen molar-refractivity contribution in [1.29, 1.82) is 0 Å². The minimum Gasteiger partial charge on any atom is -0.388 e. The van der Waals surface area contributed by atoms with Crippen LogP contribution in [-0.4, -0.2) is 17.2 Å². The Bertz CT molecular complexity index is 1280. The van der Waals surface area contributed by atoms with Crippen molar-refractivity contribution in [3.05, 3.63) is 125 Å². The Morgan fingerprint density at radius 2 is 1.46 bits per heavy atom. The van der Waals surface area contributed by atoms with Gasteiger partial charge in [0, 0.05) is 37.6 Å². The van der Waals surface area contributed by atoms with Crippen molar-refractivity contribution in [3.63, 3.8) is 0 Å². The third kappa shape index (κ3) is 6.64. The van der Waals surface area contributed by atoms with Gasteiger partial charge in [-0.3, -0.25) is 5.10 Å². The Morgan fingerprint density at radius 3 is 2.09 bits per heavy atom. The van der Waals surface area contributed by atoms with E-state index in [-0.39, 0.29) is 0 Å². The highest BCUT2D eigenvalue weighted by molar-refractivity contribution is 5.66. The highest BCUT2D eigenvalue weighted by Gasteiger charge is 2.04. The Labute approximate surface area is 208 Å². The quantitative estimate of drug-likeness (QED) is 0.212. The first-order chi connectivity index (χ1) is 17.0. The van der Waals surface area contributed by atoms with Crippen LogP contribution in [0.2, 0.25) is 0 Å². The number of anilines is 1. The molecule has 178 valence electrons. The summed E-state index contributed by atoms with van der Waals surface area (Å²) in [5, 5.41) is 17.5. The second kappa shape index (κ2) is 11.3. The lowest BCUT2D eigenvalue weighted by atomic mass is 10.1. The zero-order chi connectivity index (χ0) is 24.6. The molecule has 0 saturated carbocycles. The van der Waals surface area contributed by atoms with E-state index in [1.165, 1.54) is 22.3 Å². The van der Waals surface area contributed by atoms with Crippen LogP contribution in [0.3, 0.4) is 0 Å². The molecular formula is C30H33N5. The van der Waals surface area contributed by atoms with Gasteiger partial charge in [-0.25, -0.2) is 0 Å². The van der Waals surface area contributed by atoms with Crippen molar-refractivity contribution >= 4 is 11.5 Å². The molecule has 0 amide bonds. The van der Waals surface area contributed by atoms with Crippen molar-refractivity contribution in [2.24, 2.45) is 0 Å². The summed E-state index contributed by atoms with van der Waals surface area (Å²) in [5.41, 5.74) is 10.1. The normalized spacial score (nSPS) is 11.2. The predicted molar refractivity (Wildman–Crippen MR) is 147 cm³/mol. The van der Waals surface area contributed by atoms with Gasteiger partial charge in [0.15, 0.2) is 0 Å². The van der Waals surface area contributed by atoms with Gasteiger partial charge < -0.3 is 16.0 Å². The molecule has 5 heteroatoms. The number of nitrogens with zero attached hydrogens (tertiary/aromatic N) is 1. The van der Waals surface area contributed by atoms with E-state index < -0.39 is 0 Å². The van der Waals surface area contributed by atoms with Gasteiger partial charge in [0.25, 0.3) is 0 Å². The molecule has 0 fully saturated rings. The van der Waals surface area contributed by atoms with Gasteiger partial charge in [0.1, 0.15) is 5.82 Å². The van der Waals surface area contributed by atoms with Gasteiger partial charge in [0.05, 0.1) is 5.69 Å². The Balaban J connectivity index is 1.28. The second-order valence-electron chi connectivity index (χ2n) is 8.76. The molecule has 0 radical (unpaired) electrons. The highest BCUT2D eigenvalue weighted by Crippen LogP contribution is 2.20. The molecule has 0 saturated heterocycles. The number of benzene rings is 3. The Hall–Kier alpha value is -4.25. The molecule has 0 aliphatic rings. The topological polar surface area (TPSA) is 64.8 Å². The van der Waals surface area contributed by atoms with E-state index in [9.17, 15) is 0 Å². The largest absolute Gasteiger partial charge is 0.388 e. The lowest BCUT2D eigenvalue weighted by Crippen LogP contribution is -2.13. The molecule has 0 atom stereocenters. The fraction of sp³-hybridized carbons (Fsp3) is 0.167. The number of nitrogens with one attached hydrogen (secondary N) is 4. The summed E-state index contributed by atoms with van der Waals surface area (Å²) in [5.74, 6) is 0.836. The molecule has 4 rings (SSSR count). The van der Waals surface area contributed by atoms with Gasteiger partial charge in [0.2, 0.25) is 0 Å². The van der Waals surface area contributed by atoms with Crippen molar-refractivity contribution in [1.82, 2.24) is 20.8 Å². The van der Waals surface area contributed by atoms with Crippen LogP contribution in [0.25, 0.3) is 17.0 Å². The molecule has 5 nitrogen and oxygen atoms in total. The van der Waals surface area contributed by atoms with Crippen molar-refractivity contribution in [3.8, 4) is 11.3 Å². The van der Waals surface area contributed by atoms with Crippen LogP contribution in [0.4, 0.5) is 5.82 Å². The van der Waals surface area contributed by atoms with Gasteiger partial charge >= 0.3 is 0 Å². The molecular weight excluding hydrogens is 430 g/mol. The minimum atomic E-state index is 0.712. The number of H-pyrrole nitrogens is 1. The standard InChI is InChI=1S/C30H33N5/c1-21-5-13-26(14-6-21)28(31-4)17-23(3)32-19-24-9-11-25(12-10-24)20-33-30-18-29(34-35-30)27-15-7-22(2)8-16-27/h5-18,31-32H,3,19-20H2,1-2,4H3,(H2,33,34,35)/b28-17-. The lowest BCUT2D eigenvalue weighted by molar-refractivity contribution is 0.835. The molecule has 4 aromatic rings. The molecule has 1 aromatic heterocycles. The molecule has 35 heavy (non-hydrogen) atoms. The fourth-order valence-corrected chi connectivity index (χ4v) is 3.73. The molecule has 0 bridgehead atoms. The van der Waals surface area contributed by atoms with Crippen molar-refractivity contribution in [2.75, 3.05) is 12.4 Å². The zero-order valence-corrected chi connectivity index (χ0v) is 20.7. The molecule has 3 aromatic carbocycles. The number of hydrogen-bond donors (Lipinski definition) is 4. The van der Waals surface area contributed by atoms with E-state index in [0.717, 1.165) is 34.0 Å². The number of rotatable bonds is 10. The fourth-order valence-electron chi connectivity index (χ4n) is 3.73.